The first-order valence-corrected chi connectivity index (χ1v) is 9.91. The molecule has 1 heterocycles. The molecule has 0 radical (unpaired) electrons. The predicted molar refractivity (Wildman–Crippen MR) is 113 cm³/mol. The van der Waals surface area contributed by atoms with Gasteiger partial charge >= 0.3 is 0 Å². The number of carboxylic acids is 1. The Morgan fingerprint density at radius 3 is 2.55 bits per heavy atom. The monoisotopic (exact) mass is 428 g/mol. The number of carbonyl (C=O) groups is 2. The molecule has 8 heteroatoms. The zero-order valence-corrected chi connectivity index (χ0v) is 17.4. The molecule has 0 aliphatic carbocycles. The minimum Gasteiger partial charge on any atom is -0.548 e. The molecule has 1 aliphatic heterocycles. The molecular weight excluding hydrogens is 410 g/mol. The van der Waals surface area contributed by atoms with Gasteiger partial charge in [-0.1, -0.05) is 54.3 Å². The van der Waals surface area contributed by atoms with E-state index in [9.17, 15) is 14.7 Å². The number of hydrogen-bond donors (Lipinski definition) is 0. The fraction of sp³-hybridized carbons (Fsp3) is 0.190. The van der Waals surface area contributed by atoms with Crippen LogP contribution >= 0.6 is 24.0 Å². The standard InChI is InChI=1S/C21H19NO5S2/c1-26-15-9-8-14(17(12-15)27-2)11-18-19(23)22(21(28)29-18)16(20(24)25)10-13-6-4-3-5-7-13/h3-9,11-12,16H,10H2,1-2H3,(H,24,25)/p-1/b18-11-/t16-/m1/s1. The zero-order valence-electron chi connectivity index (χ0n) is 15.8. The lowest BCUT2D eigenvalue weighted by atomic mass is 10.0. The quantitative estimate of drug-likeness (QED) is 0.494. The molecule has 2 aromatic rings. The third-order valence-corrected chi connectivity index (χ3v) is 5.74. The molecule has 150 valence electrons. The molecule has 1 amide bonds. The van der Waals surface area contributed by atoms with E-state index in [4.69, 9.17) is 21.7 Å². The molecule has 0 bridgehead atoms. The maximum Gasteiger partial charge on any atom is 0.266 e. The Bertz CT molecular complexity index is 974. The van der Waals surface area contributed by atoms with Crippen LogP contribution in [0.15, 0.2) is 53.4 Å². The van der Waals surface area contributed by atoms with E-state index >= 15 is 0 Å². The van der Waals surface area contributed by atoms with Gasteiger partial charge < -0.3 is 19.4 Å². The van der Waals surface area contributed by atoms with Crippen molar-refractivity contribution in [3.05, 3.63) is 64.6 Å². The number of aliphatic carboxylic acids is 1. The average Bonchev–Trinajstić information content (AvgIpc) is 3.00. The highest BCUT2D eigenvalue weighted by Crippen LogP contribution is 2.36. The smallest absolute Gasteiger partial charge is 0.266 e. The van der Waals surface area contributed by atoms with E-state index in [0.29, 0.717) is 22.0 Å². The Labute approximate surface area is 178 Å². The highest BCUT2D eigenvalue weighted by atomic mass is 32.2. The summed E-state index contributed by atoms with van der Waals surface area (Å²) < 4.78 is 10.7. The first kappa shape index (κ1) is 20.9. The summed E-state index contributed by atoms with van der Waals surface area (Å²) >= 11 is 6.36. The number of carboxylic acid groups (broad SMARTS) is 1. The third kappa shape index (κ3) is 4.60. The summed E-state index contributed by atoms with van der Waals surface area (Å²) in [4.78, 5) is 26.2. The molecule has 29 heavy (non-hydrogen) atoms. The van der Waals surface area contributed by atoms with Crippen LogP contribution in [0, 0.1) is 0 Å². The van der Waals surface area contributed by atoms with Crippen molar-refractivity contribution < 1.29 is 24.2 Å². The zero-order chi connectivity index (χ0) is 21.0. The van der Waals surface area contributed by atoms with Gasteiger partial charge in [0, 0.05) is 11.6 Å². The van der Waals surface area contributed by atoms with Gasteiger partial charge in [-0.3, -0.25) is 9.69 Å². The van der Waals surface area contributed by atoms with Crippen LogP contribution < -0.4 is 14.6 Å². The number of hydrogen-bond acceptors (Lipinski definition) is 7. The number of ether oxygens (including phenoxy) is 2. The van der Waals surface area contributed by atoms with Gasteiger partial charge in [-0.25, -0.2) is 0 Å². The van der Waals surface area contributed by atoms with Crippen molar-refractivity contribution in [2.75, 3.05) is 14.2 Å². The van der Waals surface area contributed by atoms with Gasteiger partial charge in [0.15, 0.2) is 0 Å². The minimum absolute atomic E-state index is 0.106. The molecule has 0 spiro atoms. The summed E-state index contributed by atoms with van der Waals surface area (Å²) in [7, 11) is 3.07. The van der Waals surface area contributed by atoms with Crippen LogP contribution in [0.3, 0.4) is 0 Å². The number of methoxy groups -OCH3 is 2. The lowest BCUT2D eigenvalue weighted by Gasteiger charge is -2.27. The van der Waals surface area contributed by atoms with Crippen molar-refractivity contribution in [3.8, 4) is 11.5 Å². The summed E-state index contributed by atoms with van der Waals surface area (Å²) in [6.45, 7) is 0. The predicted octanol–water partition coefficient (Wildman–Crippen LogP) is 2.27. The fourth-order valence-corrected chi connectivity index (χ4v) is 4.29. The second-order valence-corrected chi connectivity index (χ2v) is 7.86. The van der Waals surface area contributed by atoms with E-state index in [1.807, 2.05) is 18.2 Å². The first-order valence-electron chi connectivity index (χ1n) is 8.68. The first-order chi connectivity index (χ1) is 13.9. The Balaban J connectivity index is 1.90. The molecule has 3 rings (SSSR count). The Morgan fingerprint density at radius 2 is 1.93 bits per heavy atom. The minimum atomic E-state index is -1.35. The molecule has 0 unspecified atom stereocenters. The van der Waals surface area contributed by atoms with E-state index in [1.54, 1.807) is 43.5 Å². The number of thioether (sulfide) groups is 1. The van der Waals surface area contributed by atoms with E-state index in [2.05, 4.69) is 0 Å². The lowest BCUT2D eigenvalue weighted by Crippen LogP contribution is -2.51. The van der Waals surface area contributed by atoms with Gasteiger partial charge in [0.05, 0.1) is 31.1 Å². The fourth-order valence-electron chi connectivity index (χ4n) is 2.94. The summed E-state index contributed by atoms with van der Waals surface area (Å²) in [5, 5.41) is 11.8. The topological polar surface area (TPSA) is 78.9 Å². The van der Waals surface area contributed by atoms with Crippen LogP contribution in [0.4, 0.5) is 0 Å². The van der Waals surface area contributed by atoms with Gasteiger partial charge in [-0.15, -0.1) is 0 Å². The van der Waals surface area contributed by atoms with Crippen LogP contribution in [0.1, 0.15) is 11.1 Å². The summed E-state index contributed by atoms with van der Waals surface area (Å²) in [6.07, 6.45) is 1.74. The van der Waals surface area contributed by atoms with Crippen LogP contribution in [0.2, 0.25) is 0 Å². The molecular formula is C21H18NO5S2-. The van der Waals surface area contributed by atoms with Crippen molar-refractivity contribution in [1.29, 1.82) is 0 Å². The van der Waals surface area contributed by atoms with Crippen LogP contribution in [0.25, 0.3) is 6.08 Å². The van der Waals surface area contributed by atoms with Crippen molar-refractivity contribution in [2.24, 2.45) is 0 Å². The van der Waals surface area contributed by atoms with Gasteiger partial charge in [-0.05, 0) is 30.2 Å². The largest absolute Gasteiger partial charge is 0.548 e. The number of benzene rings is 2. The Hall–Kier alpha value is -2.84. The highest BCUT2D eigenvalue weighted by Gasteiger charge is 2.38. The van der Waals surface area contributed by atoms with Gasteiger partial charge in [0.25, 0.3) is 5.91 Å². The molecule has 1 saturated heterocycles. The van der Waals surface area contributed by atoms with Crippen molar-refractivity contribution in [1.82, 2.24) is 4.90 Å². The molecule has 1 fully saturated rings. The lowest BCUT2D eigenvalue weighted by molar-refractivity contribution is -0.310. The second kappa shape index (κ2) is 9.11. The normalized spacial score (nSPS) is 16.2. The number of carbonyl (C=O) groups excluding carboxylic acids is 2. The number of rotatable bonds is 7. The molecule has 1 atom stereocenters. The average molecular weight is 429 g/mol. The van der Waals surface area contributed by atoms with Crippen molar-refractivity contribution in [3.63, 3.8) is 0 Å². The molecule has 2 aromatic carbocycles. The number of nitrogens with zero attached hydrogens (tertiary/aromatic N) is 1. The molecule has 1 aliphatic rings. The summed E-state index contributed by atoms with van der Waals surface area (Å²) in [5.74, 6) is -0.682. The van der Waals surface area contributed by atoms with E-state index in [0.717, 1.165) is 22.2 Å². The van der Waals surface area contributed by atoms with Crippen LogP contribution in [-0.4, -0.2) is 41.4 Å². The van der Waals surface area contributed by atoms with Crippen LogP contribution in [-0.2, 0) is 16.0 Å². The number of amides is 1. The van der Waals surface area contributed by atoms with Gasteiger partial charge in [0.2, 0.25) is 0 Å². The molecule has 6 nitrogen and oxygen atoms in total. The summed E-state index contributed by atoms with van der Waals surface area (Å²) in [5.41, 5.74) is 1.43. The molecule has 0 aromatic heterocycles. The SMILES string of the molecule is COc1ccc(/C=C2\SC(=S)N([C@H](Cc3ccccc3)C(=O)[O-])C2=O)c(OC)c1. The molecule has 0 saturated carbocycles. The van der Waals surface area contributed by atoms with Crippen molar-refractivity contribution >= 4 is 46.3 Å². The second-order valence-electron chi connectivity index (χ2n) is 6.18. The van der Waals surface area contributed by atoms with E-state index in [-0.39, 0.29) is 10.7 Å². The maximum atomic E-state index is 13.0. The Kier molecular flexibility index (Phi) is 6.56. The highest BCUT2D eigenvalue weighted by molar-refractivity contribution is 8.26. The van der Waals surface area contributed by atoms with E-state index in [1.165, 1.54) is 7.11 Å². The summed E-state index contributed by atoms with van der Waals surface area (Å²) in [6, 6.07) is 13.1. The van der Waals surface area contributed by atoms with E-state index < -0.39 is 17.9 Å². The van der Waals surface area contributed by atoms with Gasteiger partial charge in [0.1, 0.15) is 15.8 Å². The maximum absolute atomic E-state index is 13.0. The van der Waals surface area contributed by atoms with Gasteiger partial charge in [-0.2, -0.15) is 0 Å². The third-order valence-electron chi connectivity index (χ3n) is 4.41. The Morgan fingerprint density at radius 1 is 1.21 bits per heavy atom. The van der Waals surface area contributed by atoms with Crippen molar-refractivity contribution in [2.45, 2.75) is 12.5 Å². The number of thiocarbonyl (C=S) groups is 1. The molecule has 0 N–H and O–H groups in total. The van der Waals surface area contributed by atoms with Crippen LogP contribution in [0.5, 0.6) is 11.5 Å².